The van der Waals surface area contributed by atoms with Crippen molar-refractivity contribution in [3.8, 4) is 11.4 Å². The Bertz CT molecular complexity index is 740. The number of aliphatic carboxylic acids is 1. The second kappa shape index (κ2) is 5.47. The topological polar surface area (TPSA) is 97.5 Å². The predicted octanol–water partition coefficient (Wildman–Crippen LogP) is 0.640. The van der Waals surface area contributed by atoms with Crippen LogP contribution in [0.5, 0.6) is 5.75 Å². The number of carbonyl (C=O) groups excluding carboxylic acids is 1. The number of fused-ring (bicyclic) bond motifs is 1. The van der Waals surface area contributed by atoms with Gasteiger partial charge < -0.3 is 14.7 Å². The Labute approximate surface area is 125 Å². The van der Waals surface area contributed by atoms with E-state index in [0.717, 1.165) is 5.69 Å². The number of amides is 1. The van der Waals surface area contributed by atoms with Gasteiger partial charge in [0, 0.05) is 19.5 Å². The van der Waals surface area contributed by atoms with E-state index in [2.05, 4.69) is 10.3 Å². The van der Waals surface area contributed by atoms with Crippen molar-refractivity contribution in [3.63, 3.8) is 0 Å². The quantitative estimate of drug-likeness (QED) is 0.890. The van der Waals surface area contributed by atoms with Gasteiger partial charge in [0.2, 0.25) is 0 Å². The highest BCUT2D eigenvalue weighted by Gasteiger charge is 2.22. The number of anilines is 1. The van der Waals surface area contributed by atoms with Crippen molar-refractivity contribution in [1.29, 1.82) is 0 Å². The van der Waals surface area contributed by atoms with E-state index in [4.69, 9.17) is 9.84 Å². The smallest absolute Gasteiger partial charge is 0.303 e. The molecule has 0 fully saturated rings. The van der Waals surface area contributed by atoms with E-state index < -0.39 is 5.97 Å². The van der Waals surface area contributed by atoms with Crippen molar-refractivity contribution in [2.75, 3.05) is 18.6 Å². The summed E-state index contributed by atoms with van der Waals surface area (Å²) in [5, 5.41) is 16.6. The molecule has 2 aromatic rings. The first-order chi connectivity index (χ1) is 10.5. The van der Waals surface area contributed by atoms with Gasteiger partial charge in [-0.25, -0.2) is 4.68 Å². The second-order valence-corrected chi connectivity index (χ2v) is 4.94. The summed E-state index contributed by atoms with van der Waals surface area (Å²) in [7, 11) is 1.70. The van der Waals surface area contributed by atoms with E-state index in [-0.39, 0.29) is 18.9 Å². The summed E-state index contributed by atoms with van der Waals surface area (Å²) in [4.78, 5) is 23.7. The van der Waals surface area contributed by atoms with Gasteiger partial charge in [-0.1, -0.05) is 5.21 Å². The number of benzene rings is 1. The Hall–Kier alpha value is -2.90. The molecule has 0 unspecified atom stereocenters. The molecular formula is C14H14N4O4. The van der Waals surface area contributed by atoms with Crippen LogP contribution in [0.1, 0.15) is 12.1 Å². The minimum Gasteiger partial charge on any atom is -0.481 e. The SMILES string of the molecule is CN1C(=O)COc2cc(-n3cc(CCC(=O)O)nn3)ccc21. The third kappa shape index (κ3) is 2.62. The molecule has 2 heterocycles. The minimum absolute atomic E-state index is 0.00811. The highest BCUT2D eigenvalue weighted by molar-refractivity contribution is 5.97. The highest BCUT2D eigenvalue weighted by atomic mass is 16.5. The van der Waals surface area contributed by atoms with Gasteiger partial charge in [0.15, 0.2) is 6.61 Å². The van der Waals surface area contributed by atoms with Gasteiger partial charge in [0.25, 0.3) is 5.91 Å². The summed E-state index contributed by atoms with van der Waals surface area (Å²) in [6.07, 6.45) is 2.02. The number of carboxylic acids is 1. The minimum atomic E-state index is -0.871. The first kappa shape index (κ1) is 14.1. The molecule has 0 saturated carbocycles. The number of nitrogens with zero attached hydrogens (tertiary/aromatic N) is 4. The van der Waals surface area contributed by atoms with E-state index in [9.17, 15) is 9.59 Å². The van der Waals surface area contributed by atoms with Crippen LogP contribution in [0, 0.1) is 0 Å². The molecule has 8 heteroatoms. The number of ether oxygens (including phenoxy) is 1. The van der Waals surface area contributed by atoms with Crippen molar-refractivity contribution >= 4 is 17.6 Å². The molecule has 1 aliphatic heterocycles. The van der Waals surface area contributed by atoms with Crippen LogP contribution in [0.25, 0.3) is 5.69 Å². The number of rotatable bonds is 4. The predicted molar refractivity (Wildman–Crippen MR) is 76.2 cm³/mol. The van der Waals surface area contributed by atoms with E-state index in [1.807, 2.05) is 0 Å². The lowest BCUT2D eigenvalue weighted by atomic mass is 10.2. The maximum absolute atomic E-state index is 11.6. The van der Waals surface area contributed by atoms with E-state index in [1.54, 1.807) is 41.0 Å². The first-order valence-corrected chi connectivity index (χ1v) is 6.71. The molecule has 1 amide bonds. The van der Waals surface area contributed by atoms with Crippen molar-refractivity contribution in [2.45, 2.75) is 12.8 Å². The van der Waals surface area contributed by atoms with Gasteiger partial charge in [-0.2, -0.15) is 0 Å². The molecule has 0 atom stereocenters. The summed E-state index contributed by atoms with van der Waals surface area (Å²) in [6.45, 7) is 0.00811. The summed E-state index contributed by atoms with van der Waals surface area (Å²) in [5.74, 6) is -0.372. The number of likely N-dealkylation sites (N-methyl/N-ethyl adjacent to an activating group) is 1. The summed E-state index contributed by atoms with van der Waals surface area (Å²) < 4.78 is 6.98. The molecule has 0 aliphatic carbocycles. The summed E-state index contributed by atoms with van der Waals surface area (Å²) in [6, 6.07) is 5.35. The van der Waals surface area contributed by atoms with Crippen LogP contribution in [0.2, 0.25) is 0 Å². The molecule has 114 valence electrons. The summed E-state index contributed by atoms with van der Waals surface area (Å²) in [5.41, 5.74) is 2.04. The van der Waals surface area contributed by atoms with Gasteiger partial charge >= 0.3 is 5.97 Å². The largest absolute Gasteiger partial charge is 0.481 e. The molecule has 0 bridgehead atoms. The van der Waals surface area contributed by atoms with Crippen molar-refractivity contribution in [1.82, 2.24) is 15.0 Å². The Kier molecular flexibility index (Phi) is 3.50. The zero-order valence-electron chi connectivity index (χ0n) is 11.9. The van der Waals surface area contributed by atoms with Crippen LogP contribution < -0.4 is 9.64 Å². The number of aromatic nitrogens is 3. The normalized spacial score (nSPS) is 13.7. The van der Waals surface area contributed by atoms with Crippen LogP contribution in [0.4, 0.5) is 5.69 Å². The Morgan fingerprint density at radius 3 is 3.05 bits per heavy atom. The van der Waals surface area contributed by atoms with E-state index in [1.165, 1.54) is 0 Å². The van der Waals surface area contributed by atoms with Crippen LogP contribution in [0.3, 0.4) is 0 Å². The van der Waals surface area contributed by atoms with E-state index >= 15 is 0 Å². The zero-order valence-corrected chi connectivity index (χ0v) is 11.9. The molecule has 1 aliphatic rings. The molecule has 1 aromatic carbocycles. The van der Waals surface area contributed by atoms with Gasteiger partial charge in [0.05, 0.1) is 29.7 Å². The molecule has 0 saturated heterocycles. The fourth-order valence-electron chi connectivity index (χ4n) is 2.18. The Morgan fingerprint density at radius 2 is 2.27 bits per heavy atom. The van der Waals surface area contributed by atoms with E-state index in [0.29, 0.717) is 23.6 Å². The maximum atomic E-state index is 11.6. The molecule has 22 heavy (non-hydrogen) atoms. The van der Waals surface area contributed by atoms with Gasteiger partial charge in [-0.05, 0) is 12.1 Å². The van der Waals surface area contributed by atoms with Crippen LogP contribution in [0.15, 0.2) is 24.4 Å². The Balaban J connectivity index is 1.84. The van der Waals surface area contributed by atoms with Gasteiger partial charge in [0.1, 0.15) is 5.75 Å². The average molecular weight is 302 g/mol. The maximum Gasteiger partial charge on any atom is 0.303 e. The molecule has 0 spiro atoms. The fourth-order valence-corrected chi connectivity index (χ4v) is 2.18. The monoisotopic (exact) mass is 302 g/mol. The van der Waals surface area contributed by atoms with Crippen LogP contribution in [-0.4, -0.2) is 45.6 Å². The van der Waals surface area contributed by atoms with Gasteiger partial charge in [-0.15, -0.1) is 5.10 Å². The molecule has 1 aromatic heterocycles. The van der Waals surface area contributed by atoms with Crippen LogP contribution >= 0.6 is 0 Å². The zero-order chi connectivity index (χ0) is 15.7. The third-order valence-electron chi connectivity index (χ3n) is 3.43. The first-order valence-electron chi connectivity index (χ1n) is 6.71. The third-order valence-corrected chi connectivity index (χ3v) is 3.43. The Morgan fingerprint density at radius 1 is 1.45 bits per heavy atom. The van der Waals surface area contributed by atoms with Crippen molar-refractivity contribution < 1.29 is 19.4 Å². The molecule has 3 rings (SSSR count). The number of carbonyl (C=O) groups is 2. The number of hydrogen-bond acceptors (Lipinski definition) is 5. The molecule has 1 N–H and O–H groups in total. The highest BCUT2D eigenvalue weighted by Crippen LogP contribution is 2.32. The standard InChI is InChI=1S/C14H14N4O4/c1-17-11-4-3-10(6-12(11)22-8-13(17)19)18-7-9(15-16-18)2-5-14(20)21/h3-4,6-7H,2,5,8H2,1H3,(H,20,21). The molecule has 8 nitrogen and oxygen atoms in total. The lowest BCUT2D eigenvalue weighted by Gasteiger charge is -2.26. The second-order valence-electron chi connectivity index (χ2n) is 4.94. The number of hydrogen-bond donors (Lipinski definition) is 1. The lowest BCUT2D eigenvalue weighted by Crippen LogP contribution is -2.35. The van der Waals surface area contributed by atoms with Crippen molar-refractivity contribution in [3.05, 3.63) is 30.1 Å². The molecule has 0 radical (unpaired) electrons. The molecular weight excluding hydrogens is 288 g/mol. The fraction of sp³-hybridized carbons (Fsp3) is 0.286. The number of carboxylic acid groups (broad SMARTS) is 1. The number of aryl methyl sites for hydroxylation is 1. The van der Waals surface area contributed by atoms with Crippen molar-refractivity contribution in [2.24, 2.45) is 0 Å². The average Bonchev–Trinajstić information content (AvgIpc) is 2.97. The van der Waals surface area contributed by atoms with Crippen LogP contribution in [-0.2, 0) is 16.0 Å². The summed E-state index contributed by atoms with van der Waals surface area (Å²) >= 11 is 0. The van der Waals surface area contributed by atoms with Gasteiger partial charge in [-0.3, -0.25) is 9.59 Å². The lowest BCUT2D eigenvalue weighted by molar-refractivity contribution is -0.137.